The van der Waals surface area contributed by atoms with E-state index in [1.54, 1.807) is 4.90 Å². The van der Waals surface area contributed by atoms with Crippen molar-refractivity contribution in [3.8, 4) is 0 Å². The van der Waals surface area contributed by atoms with Crippen LogP contribution in [0.3, 0.4) is 0 Å². The molecule has 0 saturated heterocycles. The van der Waals surface area contributed by atoms with Crippen LogP contribution >= 0.6 is 0 Å². The molecule has 15 heavy (non-hydrogen) atoms. The highest BCUT2D eigenvalue weighted by molar-refractivity contribution is 5.93. The average Bonchev–Trinajstić information content (AvgIpc) is 2.29. The molecule has 0 aliphatic heterocycles. The highest BCUT2D eigenvalue weighted by atomic mass is 16.2. The third-order valence-corrected chi connectivity index (χ3v) is 2.32. The predicted molar refractivity (Wildman–Crippen MR) is 61.7 cm³/mol. The van der Waals surface area contributed by atoms with Gasteiger partial charge in [-0.05, 0) is 31.5 Å². The van der Waals surface area contributed by atoms with Crippen LogP contribution in [0.5, 0.6) is 0 Å². The van der Waals surface area contributed by atoms with Crippen LogP contribution in [-0.4, -0.2) is 30.9 Å². The predicted octanol–water partition coefficient (Wildman–Crippen LogP) is 1.50. The zero-order chi connectivity index (χ0) is 11.1. The fourth-order valence-electron chi connectivity index (χ4n) is 1.40. The molecule has 1 aromatic carbocycles. The van der Waals surface area contributed by atoms with E-state index in [2.05, 4.69) is 0 Å². The molecule has 0 aliphatic carbocycles. The maximum absolute atomic E-state index is 11.8. The van der Waals surface area contributed by atoms with Gasteiger partial charge in [-0.25, -0.2) is 0 Å². The Morgan fingerprint density at radius 1 is 1.27 bits per heavy atom. The van der Waals surface area contributed by atoms with Gasteiger partial charge in [0.2, 0.25) is 0 Å². The molecule has 1 amide bonds. The van der Waals surface area contributed by atoms with Gasteiger partial charge in [0.1, 0.15) is 0 Å². The van der Waals surface area contributed by atoms with Gasteiger partial charge in [-0.2, -0.15) is 0 Å². The molecule has 3 nitrogen and oxygen atoms in total. The molecular formula is C12H18N2O. The lowest BCUT2D eigenvalue weighted by molar-refractivity contribution is 0.0793. The van der Waals surface area contributed by atoms with Crippen LogP contribution in [0.1, 0.15) is 23.2 Å². The van der Waals surface area contributed by atoms with Gasteiger partial charge in [-0.3, -0.25) is 4.79 Å². The van der Waals surface area contributed by atoms with Crippen molar-refractivity contribution in [3.05, 3.63) is 35.9 Å². The molecule has 0 radical (unpaired) electrons. The number of carbonyl (C=O) groups excluding carboxylic acids is 1. The number of rotatable bonds is 5. The molecule has 1 rings (SSSR count). The smallest absolute Gasteiger partial charge is 0.253 e. The fourth-order valence-corrected chi connectivity index (χ4v) is 1.40. The topological polar surface area (TPSA) is 46.3 Å². The summed E-state index contributed by atoms with van der Waals surface area (Å²) in [6.45, 7) is 1.46. The zero-order valence-corrected chi connectivity index (χ0v) is 9.15. The Bertz CT molecular complexity index is 298. The van der Waals surface area contributed by atoms with E-state index >= 15 is 0 Å². The van der Waals surface area contributed by atoms with Crippen LogP contribution in [0.25, 0.3) is 0 Å². The monoisotopic (exact) mass is 206 g/mol. The van der Waals surface area contributed by atoms with Crippen molar-refractivity contribution in [2.24, 2.45) is 5.73 Å². The maximum Gasteiger partial charge on any atom is 0.253 e. The average molecular weight is 206 g/mol. The summed E-state index contributed by atoms with van der Waals surface area (Å²) in [5.74, 6) is 0.0765. The Hall–Kier alpha value is -1.35. The van der Waals surface area contributed by atoms with E-state index in [1.165, 1.54) is 0 Å². The Balaban J connectivity index is 2.46. The van der Waals surface area contributed by atoms with E-state index in [0.717, 1.165) is 24.9 Å². The van der Waals surface area contributed by atoms with Crippen LogP contribution in [-0.2, 0) is 0 Å². The SMILES string of the molecule is CN(CCCCN)C(=O)c1ccccc1. The summed E-state index contributed by atoms with van der Waals surface area (Å²) in [7, 11) is 1.83. The van der Waals surface area contributed by atoms with Crippen molar-refractivity contribution in [2.75, 3.05) is 20.1 Å². The van der Waals surface area contributed by atoms with Crippen molar-refractivity contribution in [1.29, 1.82) is 0 Å². The molecule has 2 N–H and O–H groups in total. The van der Waals surface area contributed by atoms with Crippen LogP contribution in [0.2, 0.25) is 0 Å². The first-order valence-corrected chi connectivity index (χ1v) is 5.26. The van der Waals surface area contributed by atoms with Crippen molar-refractivity contribution in [2.45, 2.75) is 12.8 Å². The first-order valence-electron chi connectivity index (χ1n) is 5.26. The van der Waals surface area contributed by atoms with Crippen molar-refractivity contribution in [1.82, 2.24) is 4.90 Å². The minimum atomic E-state index is 0.0765. The maximum atomic E-state index is 11.8. The Kier molecular flexibility index (Phi) is 4.84. The van der Waals surface area contributed by atoms with Crippen molar-refractivity contribution < 1.29 is 4.79 Å². The number of hydrogen-bond acceptors (Lipinski definition) is 2. The molecule has 0 heterocycles. The number of nitrogens with zero attached hydrogens (tertiary/aromatic N) is 1. The second-order valence-corrected chi connectivity index (χ2v) is 3.59. The van der Waals surface area contributed by atoms with Gasteiger partial charge in [0.25, 0.3) is 5.91 Å². The van der Waals surface area contributed by atoms with Crippen LogP contribution in [0, 0.1) is 0 Å². The Labute approximate surface area is 90.9 Å². The molecule has 0 aromatic heterocycles. The Morgan fingerprint density at radius 3 is 2.53 bits per heavy atom. The number of hydrogen-bond donors (Lipinski definition) is 1. The largest absolute Gasteiger partial charge is 0.342 e. The molecule has 0 spiro atoms. The van der Waals surface area contributed by atoms with Gasteiger partial charge in [-0.1, -0.05) is 18.2 Å². The van der Waals surface area contributed by atoms with E-state index in [-0.39, 0.29) is 5.91 Å². The van der Waals surface area contributed by atoms with Crippen LogP contribution in [0.4, 0.5) is 0 Å². The number of nitrogens with two attached hydrogens (primary N) is 1. The van der Waals surface area contributed by atoms with Crippen molar-refractivity contribution in [3.63, 3.8) is 0 Å². The lowest BCUT2D eigenvalue weighted by atomic mass is 10.2. The second kappa shape index (κ2) is 6.19. The molecule has 3 heteroatoms. The number of carbonyl (C=O) groups is 1. The van der Waals surface area contributed by atoms with Gasteiger partial charge in [0.15, 0.2) is 0 Å². The van der Waals surface area contributed by atoms with E-state index in [1.807, 2.05) is 37.4 Å². The van der Waals surface area contributed by atoms with E-state index in [0.29, 0.717) is 6.54 Å². The highest BCUT2D eigenvalue weighted by Gasteiger charge is 2.09. The summed E-state index contributed by atoms with van der Waals surface area (Å²) in [5, 5.41) is 0. The summed E-state index contributed by atoms with van der Waals surface area (Å²) >= 11 is 0. The zero-order valence-electron chi connectivity index (χ0n) is 9.15. The molecule has 0 saturated carbocycles. The number of amides is 1. The summed E-state index contributed by atoms with van der Waals surface area (Å²) in [4.78, 5) is 13.6. The molecule has 0 aliphatic rings. The van der Waals surface area contributed by atoms with Gasteiger partial charge < -0.3 is 10.6 Å². The summed E-state index contributed by atoms with van der Waals surface area (Å²) in [6, 6.07) is 9.33. The fraction of sp³-hybridized carbons (Fsp3) is 0.417. The number of unbranched alkanes of at least 4 members (excludes halogenated alkanes) is 1. The third-order valence-electron chi connectivity index (χ3n) is 2.32. The quantitative estimate of drug-likeness (QED) is 0.742. The van der Waals surface area contributed by atoms with E-state index < -0.39 is 0 Å². The molecule has 82 valence electrons. The highest BCUT2D eigenvalue weighted by Crippen LogP contribution is 2.03. The number of benzene rings is 1. The van der Waals surface area contributed by atoms with Gasteiger partial charge >= 0.3 is 0 Å². The minimum Gasteiger partial charge on any atom is -0.342 e. The van der Waals surface area contributed by atoms with E-state index in [9.17, 15) is 4.79 Å². The molecule has 1 aromatic rings. The van der Waals surface area contributed by atoms with Crippen molar-refractivity contribution >= 4 is 5.91 Å². The van der Waals surface area contributed by atoms with Gasteiger partial charge in [-0.15, -0.1) is 0 Å². The molecule has 0 fully saturated rings. The van der Waals surface area contributed by atoms with Gasteiger partial charge in [0, 0.05) is 19.2 Å². The first kappa shape index (κ1) is 11.7. The molecule has 0 unspecified atom stereocenters. The molecule has 0 bridgehead atoms. The van der Waals surface area contributed by atoms with Crippen LogP contribution in [0.15, 0.2) is 30.3 Å². The first-order chi connectivity index (χ1) is 7.25. The Morgan fingerprint density at radius 2 is 1.93 bits per heavy atom. The molecular weight excluding hydrogens is 188 g/mol. The normalized spacial score (nSPS) is 10.0. The summed E-state index contributed by atoms with van der Waals surface area (Å²) in [5.41, 5.74) is 6.14. The minimum absolute atomic E-state index is 0.0765. The standard InChI is InChI=1S/C12H18N2O/c1-14(10-6-5-9-13)12(15)11-7-3-2-4-8-11/h2-4,7-8H,5-6,9-10,13H2,1H3. The second-order valence-electron chi connectivity index (χ2n) is 3.59. The summed E-state index contributed by atoms with van der Waals surface area (Å²) < 4.78 is 0. The van der Waals surface area contributed by atoms with E-state index in [4.69, 9.17) is 5.73 Å². The molecule has 0 atom stereocenters. The van der Waals surface area contributed by atoms with Crippen LogP contribution < -0.4 is 5.73 Å². The third kappa shape index (κ3) is 3.72. The van der Waals surface area contributed by atoms with Gasteiger partial charge in [0.05, 0.1) is 0 Å². The lowest BCUT2D eigenvalue weighted by Gasteiger charge is -2.16. The summed E-state index contributed by atoms with van der Waals surface area (Å²) in [6.07, 6.45) is 1.93. The lowest BCUT2D eigenvalue weighted by Crippen LogP contribution is -2.27.